The molecule has 0 spiro atoms. The fourth-order valence-electron chi connectivity index (χ4n) is 1.87. The van der Waals surface area contributed by atoms with Crippen LogP contribution in [0.15, 0.2) is 11.6 Å². The zero-order valence-electron chi connectivity index (χ0n) is 8.38. The maximum atomic E-state index is 11.2. The molecular formula is C11H17ClO2. The molecule has 0 aromatic rings. The normalized spacial score (nSPS) is 17.8. The van der Waals surface area contributed by atoms with Gasteiger partial charge in [0.15, 0.2) is 0 Å². The monoisotopic (exact) mass is 216 g/mol. The van der Waals surface area contributed by atoms with Gasteiger partial charge in [-0.05, 0) is 18.4 Å². The number of ether oxygens (including phenoxy) is 1. The predicted molar refractivity (Wildman–Crippen MR) is 57.1 cm³/mol. The van der Waals surface area contributed by atoms with Crippen LogP contribution in [0.1, 0.15) is 38.5 Å². The summed E-state index contributed by atoms with van der Waals surface area (Å²) in [4.78, 5) is 11.2. The van der Waals surface area contributed by atoms with Gasteiger partial charge in [-0.25, -0.2) is 0 Å². The van der Waals surface area contributed by atoms with Crippen LogP contribution in [0.3, 0.4) is 0 Å². The molecule has 0 aromatic heterocycles. The van der Waals surface area contributed by atoms with Crippen LogP contribution in [-0.4, -0.2) is 12.6 Å². The Hall–Kier alpha value is -0.500. The van der Waals surface area contributed by atoms with Crippen molar-refractivity contribution in [2.45, 2.75) is 38.5 Å². The van der Waals surface area contributed by atoms with Gasteiger partial charge in [0.05, 0.1) is 0 Å². The first-order chi connectivity index (χ1) is 6.83. The number of esters is 1. The van der Waals surface area contributed by atoms with Gasteiger partial charge in [0.2, 0.25) is 0 Å². The molecule has 0 aromatic carbocycles. The molecule has 80 valence electrons. The van der Waals surface area contributed by atoms with Crippen LogP contribution < -0.4 is 0 Å². The summed E-state index contributed by atoms with van der Waals surface area (Å²) in [7, 11) is 0. The SMILES string of the molecule is O=C(CCC1CCCC1)OC/C=C/Cl. The summed E-state index contributed by atoms with van der Waals surface area (Å²) in [6.07, 6.45) is 8.40. The van der Waals surface area contributed by atoms with Crippen molar-refractivity contribution in [2.75, 3.05) is 6.61 Å². The summed E-state index contributed by atoms with van der Waals surface area (Å²) in [5.74, 6) is 0.651. The fraction of sp³-hybridized carbons (Fsp3) is 0.727. The van der Waals surface area contributed by atoms with Crippen molar-refractivity contribution in [3.8, 4) is 0 Å². The molecule has 0 saturated heterocycles. The third-order valence-electron chi connectivity index (χ3n) is 2.66. The highest BCUT2D eigenvalue weighted by atomic mass is 35.5. The highest BCUT2D eigenvalue weighted by Gasteiger charge is 2.16. The van der Waals surface area contributed by atoms with Crippen molar-refractivity contribution >= 4 is 17.6 Å². The van der Waals surface area contributed by atoms with E-state index in [9.17, 15) is 4.79 Å². The first-order valence-electron chi connectivity index (χ1n) is 5.24. The van der Waals surface area contributed by atoms with Gasteiger partial charge in [-0.3, -0.25) is 4.79 Å². The van der Waals surface area contributed by atoms with Gasteiger partial charge in [-0.2, -0.15) is 0 Å². The zero-order valence-corrected chi connectivity index (χ0v) is 9.13. The minimum absolute atomic E-state index is 0.105. The molecular weight excluding hydrogens is 200 g/mol. The first kappa shape index (κ1) is 11.6. The second kappa shape index (κ2) is 6.88. The molecule has 1 saturated carbocycles. The molecule has 0 heterocycles. The van der Waals surface area contributed by atoms with Gasteiger partial charge in [-0.15, -0.1) is 0 Å². The second-order valence-corrected chi connectivity index (χ2v) is 3.99. The molecule has 0 aliphatic heterocycles. The van der Waals surface area contributed by atoms with E-state index in [1.165, 1.54) is 31.2 Å². The molecule has 0 atom stereocenters. The topological polar surface area (TPSA) is 26.3 Å². The van der Waals surface area contributed by atoms with E-state index < -0.39 is 0 Å². The largest absolute Gasteiger partial charge is 0.461 e. The average molecular weight is 217 g/mol. The Balaban J connectivity index is 2.02. The van der Waals surface area contributed by atoms with Crippen molar-refractivity contribution < 1.29 is 9.53 Å². The van der Waals surface area contributed by atoms with Gasteiger partial charge >= 0.3 is 5.97 Å². The minimum Gasteiger partial charge on any atom is -0.461 e. The Kier molecular flexibility index (Phi) is 5.69. The first-order valence-corrected chi connectivity index (χ1v) is 5.67. The Bertz CT molecular complexity index is 195. The smallest absolute Gasteiger partial charge is 0.306 e. The summed E-state index contributed by atoms with van der Waals surface area (Å²) in [6, 6.07) is 0. The van der Waals surface area contributed by atoms with Crippen molar-refractivity contribution in [3.05, 3.63) is 11.6 Å². The van der Waals surface area contributed by atoms with E-state index in [2.05, 4.69) is 0 Å². The Morgan fingerprint density at radius 3 is 2.79 bits per heavy atom. The molecule has 1 aliphatic rings. The maximum absolute atomic E-state index is 11.2. The lowest BCUT2D eigenvalue weighted by molar-refractivity contribution is -0.142. The van der Waals surface area contributed by atoms with Crippen molar-refractivity contribution in [2.24, 2.45) is 5.92 Å². The average Bonchev–Trinajstić information content (AvgIpc) is 2.68. The maximum Gasteiger partial charge on any atom is 0.306 e. The summed E-state index contributed by atoms with van der Waals surface area (Å²) < 4.78 is 4.93. The molecule has 0 bridgehead atoms. The lowest BCUT2D eigenvalue weighted by atomic mass is 10.0. The van der Waals surface area contributed by atoms with E-state index in [0.717, 1.165) is 12.3 Å². The highest BCUT2D eigenvalue weighted by Crippen LogP contribution is 2.28. The van der Waals surface area contributed by atoms with Gasteiger partial charge in [-0.1, -0.05) is 37.3 Å². The second-order valence-electron chi connectivity index (χ2n) is 3.73. The summed E-state index contributed by atoms with van der Waals surface area (Å²) in [5.41, 5.74) is 1.37. The number of carbonyl (C=O) groups is 1. The number of carbonyl (C=O) groups excluding carboxylic acids is 1. The van der Waals surface area contributed by atoms with Crippen LogP contribution in [0.4, 0.5) is 0 Å². The van der Waals surface area contributed by atoms with Crippen LogP contribution >= 0.6 is 11.6 Å². The molecule has 1 rings (SSSR count). The molecule has 3 heteroatoms. The third-order valence-corrected chi connectivity index (χ3v) is 2.84. The van der Waals surface area contributed by atoms with Gasteiger partial charge in [0.1, 0.15) is 6.61 Å². The van der Waals surface area contributed by atoms with Crippen LogP contribution in [-0.2, 0) is 9.53 Å². The van der Waals surface area contributed by atoms with E-state index in [1.54, 1.807) is 6.08 Å². The Labute approximate surface area is 90.3 Å². The highest BCUT2D eigenvalue weighted by molar-refractivity contribution is 6.25. The van der Waals surface area contributed by atoms with Gasteiger partial charge in [0, 0.05) is 12.0 Å². The summed E-state index contributed by atoms with van der Waals surface area (Å²) in [5, 5.41) is 0. The fourth-order valence-corrected chi connectivity index (χ4v) is 1.94. The molecule has 2 nitrogen and oxygen atoms in total. The van der Waals surface area contributed by atoms with E-state index in [4.69, 9.17) is 16.3 Å². The number of hydrogen-bond acceptors (Lipinski definition) is 2. The van der Waals surface area contributed by atoms with E-state index >= 15 is 0 Å². The van der Waals surface area contributed by atoms with Crippen LogP contribution in [0, 0.1) is 5.92 Å². The zero-order chi connectivity index (χ0) is 10.2. The van der Waals surface area contributed by atoms with Gasteiger partial charge in [0.25, 0.3) is 0 Å². The van der Waals surface area contributed by atoms with Gasteiger partial charge < -0.3 is 4.74 Å². The summed E-state index contributed by atoms with van der Waals surface area (Å²) >= 11 is 5.29. The standard InChI is InChI=1S/C11H17ClO2/c12-8-3-9-14-11(13)7-6-10-4-1-2-5-10/h3,8,10H,1-2,4-7,9H2/b8-3+. The van der Waals surface area contributed by atoms with Crippen molar-refractivity contribution in [3.63, 3.8) is 0 Å². The molecule has 1 fully saturated rings. The molecule has 0 unspecified atom stereocenters. The number of halogens is 1. The predicted octanol–water partition coefficient (Wildman–Crippen LogP) is 3.25. The van der Waals surface area contributed by atoms with E-state index in [1.807, 2.05) is 0 Å². The minimum atomic E-state index is -0.105. The quantitative estimate of drug-likeness (QED) is 0.660. The molecule has 1 aliphatic carbocycles. The molecule has 0 N–H and O–H groups in total. The molecule has 0 amide bonds. The molecule has 14 heavy (non-hydrogen) atoms. The number of rotatable bonds is 5. The Morgan fingerprint density at radius 2 is 2.14 bits per heavy atom. The van der Waals surface area contributed by atoms with E-state index in [-0.39, 0.29) is 5.97 Å². The molecule has 0 radical (unpaired) electrons. The van der Waals surface area contributed by atoms with Crippen LogP contribution in [0.25, 0.3) is 0 Å². The third kappa shape index (κ3) is 4.66. The van der Waals surface area contributed by atoms with Crippen molar-refractivity contribution in [1.82, 2.24) is 0 Å². The number of hydrogen-bond donors (Lipinski definition) is 0. The van der Waals surface area contributed by atoms with Crippen LogP contribution in [0.5, 0.6) is 0 Å². The Morgan fingerprint density at radius 1 is 1.43 bits per heavy atom. The lowest BCUT2D eigenvalue weighted by Gasteiger charge is -2.07. The van der Waals surface area contributed by atoms with Crippen molar-refractivity contribution in [1.29, 1.82) is 0 Å². The van der Waals surface area contributed by atoms with Crippen LogP contribution in [0.2, 0.25) is 0 Å². The lowest BCUT2D eigenvalue weighted by Crippen LogP contribution is -2.06. The van der Waals surface area contributed by atoms with E-state index in [0.29, 0.717) is 13.0 Å². The summed E-state index contributed by atoms with van der Waals surface area (Å²) in [6.45, 7) is 0.299.